The minimum absolute atomic E-state index is 0.0394. The fourth-order valence-corrected chi connectivity index (χ4v) is 1.78. The summed E-state index contributed by atoms with van der Waals surface area (Å²) in [6.07, 6.45) is 0. The zero-order chi connectivity index (χ0) is 19.0. The predicted molar refractivity (Wildman–Crippen MR) is 93.6 cm³/mol. The number of nitrogens with two attached hydrogens (primary N) is 2. The summed E-state index contributed by atoms with van der Waals surface area (Å²) in [5.74, 6) is -2.56. The van der Waals surface area contributed by atoms with Crippen molar-refractivity contribution in [2.45, 2.75) is 0 Å². The summed E-state index contributed by atoms with van der Waals surface area (Å²) in [4.78, 5) is 31.8. The van der Waals surface area contributed by atoms with Crippen molar-refractivity contribution in [3.63, 3.8) is 0 Å². The molecule has 0 unspecified atom stereocenters. The molecule has 0 aliphatic heterocycles. The number of carboxylic acid groups (broad SMARTS) is 2. The molecule has 0 atom stereocenters. The second-order valence-electron chi connectivity index (χ2n) is 4.74. The molecular weight excluding hydrogens is 350 g/mol. The third kappa shape index (κ3) is 6.80. The Labute approximate surface area is 148 Å². The summed E-state index contributed by atoms with van der Waals surface area (Å²) >= 11 is 5.54. The average molecular weight is 366 g/mol. The number of hydrogen-bond acceptors (Lipinski definition) is 5. The molecule has 0 aliphatic rings. The lowest BCUT2D eigenvalue weighted by molar-refractivity contribution is -0.135. The van der Waals surface area contributed by atoms with Gasteiger partial charge in [-0.2, -0.15) is 0 Å². The summed E-state index contributed by atoms with van der Waals surface area (Å²) in [6.45, 7) is -0.386. The van der Waals surface area contributed by atoms with Crippen LogP contribution in [-0.4, -0.2) is 34.6 Å². The van der Waals surface area contributed by atoms with Crippen LogP contribution in [0.1, 0.15) is 20.7 Å². The van der Waals surface area contributed by atoms with E-state index in [0.29, 0.717) is 16.3 Å². The van der Waals surface area contributed by atoms with E-state index in [2.05, 4.69) is 5.32 Å². The standard InChI is InChI=1S/C9H10N2O3.C7H6ClNO2/c10-7-3-1-6(2-4-7)9(14)11-5-8(12)13;8-4-1-2-6(9)5(3-4)7(10)11/h1-4H,5,10H2,(H,11,14)(H,12,13);1-3H,9H2,(H,10,11). The molecule has 2 aromatic carbocycles. The molecule has 0 heterocycles. The van der Waals surface area contributed by atoms with E-state index >= 15 is 0 Å². The molecule has 0 radical (unpaired) electrons. The molecule has 8 nitrogen and oxygen atoms in total. The number of carbonyl (C=O) groups excluding carboxylic acids is 1. The van der Waals surface area contributed by atoms with Crippen LogP contribution < -0.4 is 16.8 Å². The molecule has 25 heavy (non-hydrogen) atoms. The number of halogens is 1. The van der Waals surface area contributed by atoms with Crippen LogP contribution in [0.15, 0.2) is 42.5 Å². The molecule has 9 heteroatoms. The number of carboxylic acids is 2. The van der Waals surface area contributed by atoms with E-state index in [1.165, 1.54) is 24.3 Å². The molecular formula is C16H16ClN3O5. The first-order chi connectivity index (χ1) is 11.7. The van der Waals surface area contributed by atoms with Gasteiger partial charge in [0.1, 0.15) is 6.54 Å². The van der Waals surface area contributed by atoms with E-state index in [4.69, 9.17) is 33.3 Å². The average Bonchev–Trinajstić information content (AvgIpc) is 2.56. The van der Waals surface area contributed by atoms with Gasteiger partial charge in [-0.15, -0.1) is 0 Å². The first kappa shape index (κ1) is 19.8. The lowest BCUT2D eigenvalue weighted by atomic mass is 10.2. The van der Waals surface area contributed by atoms with Gasteiger partial charge in [0.15, 0.2) is 0 Å². The summed E-state index contributed by atoms with van der Waals surface area (Å²) in [6, 6.07) is 10.6. The highest BCUT2D eigenvalue weighted by Crippen LogP contribution is 2.17. The first-order valence-corrected chi connectivity index (χ1v) is 7.22. The fraction of sp³-hybridized carbons (Fsp3) is 0.0625. The highest BCUT2D eigenvalue weighted by atomic mass is 35.5. The number of aliphatic carboxylic acids is 1. The first-order valence-electron chi connectivity index (χ1n) is 6.84. The zero-order valence-corrected chi connectivity index (χ0v) is 13.7. The number of carbonyl (C=O) groups is 3. The molecule has 0 saturated carbocycles. The SMILES string of the molecule is Nc1ccc(C(=O)NCC(=O)O)cc1.Nc1ccc(Cl)cc1C(=O)O. The molecule has 2 aromatic rings. The molecule has 0 aromatic heterocycles. The third-order valence-electron chi connectivity index (χ3n) is 2.82. The normalized spacial score (nSPS) is 9.48. The van der Waals surface area contributed by atoms with E-state index in [9.17, 15) is 14.4 Å². The Morgan fingerprint density at radius 2 is 1.60 bits per heavy atom. The van der Waals surface area contributed by atoms with Crippen molar-refractivity contribution >= 4 is 40.8 Å². The lowest BCUT2D eigenvalue weighted by Crippen LogP contribution is -2.29. The number of aromatic carboxylic acids is 1. The van der Waals surface area contributed by atoms with Crippen LogP contribution in [0.5, 0.6) is 0 Å². The second-order valence-corrected chi connectivity index (χ2v) is 5.17. The van der Waals surface area contributed by atoms with Crippen LogP contribution >= 0.6 is 11.6 Å². The van der Waals surface area contributed by atoms with Gasteiger partial charge in [0.2, 0.25) is 0 Å². The van der Waals surface area contributed by atoms with Gasteiger partial charge >= 0.3 is 11.9 Å². The van der Waals surface area contributed by atoms with E-state index in [0.717, 1.165) is 0 Å². The van der Waals surface area contributed by atoms with Gasteiger partial charge in [-0.1, -0.05) is 11.6 Å². The molecule has 0 saturated heterocycles. The summed E-state index contributed by atoms with van der Waals surface area (Å²) < 4.78 is 0. The number of nitrogens with one attached hydrogen (secondary N) is 1. The summed E-state index contributed by atoms with van der Waals surface area (Å²) in [5.41, 5.74) is 12.0. The Balaban J connectivity index is 0.000000257. The highest BCUT2D eigenvalue weighted by molar-refractivity contribution is 6.31. The minimum Gasteiger partial charge on any atom is -0.480 e. The Hall–Kier alpha value is -3.26. The summed E-state index contributed by atoms with van der Waals surface area (Å²) in [5, 5.41) is 19.5. The van der Waals surface area contributed by atoms with Crippen LogP contribution in [0.3, 0.4) is 0 Å². The molecule has 7 N–H and O–H groups in total. The number of amides is 1. The van der Waals surface area contributed by atoms with Gasteiger partial charge < -0.3 is 27.0 Å². The van der Waals surface area contributed by atoms with Gasteiger partial charge in [0.05, 0.1) is 5.56 Å². The highest BCUT2D eigenvalue weighted by Gasteiger charge is 2.07. The third-order valence-corrected chi connectivity index (χ3v) is 3.05. The number of anilines is 2. The maximum absolute atomic E-state index is 11.2. The van der Waals surface area contributed by atoms with Crippen LogP contribution in [-0.2, 0) is 4.79 Å². The molecule has 0 bridgehead atoms. The van der Waals surface area contributed by atoms with Gasteiger partial charge in [0, 0.05) is 22.0 Å². The van der Waals surface area contributed by atoms with Crippen LogP contribution in [0.25, 0.3) is 0 Å². The Morgan fingerprint density at radius 1 is 1.00 bits per heavy atom. The van der Waals surface area contributed by atoms with Crippen molar-refractivity contribution in [1.82, 2.24) is 5.32 Å². The molecule has 0 fully saturated rings. The Kier molecular flexibility index (Phi) is 7.23. The number of rotatable bonds is 4. The van der Waals surface area contributed by atoms with Crippen molar-refractivity contribution in [3.05, 3.63) is 58.6 Å². The predicted octanol–water partition coefficient (Wildman–Crippen LogP) is 1.70. The fourth-order valence-electron chi connectivity index (χ4n) is 1.61. The quantitative estimate of drug-likeness (QED) is 0.516. The maximum atomic E-state index is 11.2. The lowest BCUT2D eigenvalue weighted by Gasteiger charge is -2.01. The molecule has 0 aliphatic carbocycles. The van der Waals surface area contributed by atoms with E-state index in [1.54, 1.807) is 18.2 Å². The number of benzene rings is 2. The van der Waals surface area contributed by atoms with E-state index in [1.807, 2.05) is 0 Å². The van der Waals surface area contributed by atoms with Crippen molar-refractivity contribution in [3.8, 4) is 0 Å². The van der Waals surface area contributed by atoms with Crippen molar-refractivity contribution < 1.29 is 24.6 Å². The largest absolute Gasteiger partial charge is 0.480 e. The van der Waals surface area contributed by atoms with E-state index < -0.39 is 17.8 Å². The van der Waals surface area contributed by atoms with Crippen molar-refractivity contribution in [2.75, 3.05) is 18.0 Å². The van der Waals surface area contributed by atoms with Crippen molar-refractivity contribution in [1.29, 1.82) is 0 Å². The van der Waals surface area contributed by atoms with Crippen molar-refractivity contribution in [2.24, 2.45) is 0 Å². The Bertz CT molecular complexity index is 778. The number of hydrogen-bond donors (Lipinski definition) is 5. The van der Waals surface area contributed by atoms with Crippen LogP contribution in [0.4, 0.5) is 11.4 Å². The Morgan fingerprint density at radius 3 is 2.08 bits per heavy atom. The molecule has 132 valence electrons. The van der Waals surface area contributed by atoms with Gasteiger partial charge in [0.25, 0.3) is 5.91 Å². The molecule has 0 spiro atoms. The second kappa shape index (κ2) is 9.14. The molecule has 2 rings (SSSR count). The van der Waals surface area contributed by atoms with Gasteiger partial charge in [-0.05, 0) is 42.5 Å². The minimum atomic E-state index is -1.08. The smallest absolute Gasteiger partial charge is 0.337 e. The maximum Gasteiger partial charge on any atom is 0.337 e. The van der Waals surface area contributed by atoms with Crippen LogP contribution in [0, 0.1) is 0 Å². The monoisotopic (exact) mass is 365 g/mol. The van der Waals surface area contributed by atoms with Crippen LogP contribution in [0.2, 0.25) is 5.02 Å². The molecule has 1 amide bonds. The zero-order valence-electron chi connectivity index (χ0n) is 12.9. The van der Waals surface area contributed by atoms with Gasteiger partial charge in [-0.25, -0.2) is 4.79 Å². The number of nitrogen functional groups attached to an aromatic ring is 2. The van der Waals surface area contributed by atoms with Gasteiger partial charge in [-0.3, -0.25) is 9.59 Å². The summed E-state index contributed by atoms with van der Waals surface area (Å²) in [7, 11) is 0. The van der Waals surface area contributed by atoms with E-state index in [-0.39, 0.29) is 17.8 Å². The topological polar surface area (TPSA) is 156 Å².